The first-order valence-corrected chi connectivity index (χ1v) is 7.53. The smallest absolute Gasteiger partial charge is 0.423 e. The quantitative estimate of drug-likeness (QED) is 0.211. The van der Waals surface area contributed by atoms with E-state index in [4.69, 9.17) is 15.9 Å². The number of aryl methyl sites for hydroxylation is 1. The van der Waals surface area contributed by atoms with Gasteiger partial charge >= 0.3 is 12.8 Å². The maximum atomic E-state index is 11.9. The fourth-order valence-corrected chi connectivity index (χ4v) is 2.13. The second kappa shape index (κ2) is 8.22. The topological polar surface area (TPSA) is 146 Å². The van der Waals surface area contributed by atoms with E-state index in [-0.39, 0.29) is 17.8 Å². The molecule has 130 valence electrons. The van der Waals surface area contributed by atoms with Gasteiger partial charge in [-0.15, -0.1) is 0 Å². The van der Waals surface area contributed by atoms with Crippen molar-refractivity contribution in [2.45, 2.75) is 20.0 Å². The fourth-order valence-electron chi connectivity index (χ4n) is 2.13. The molecule has 25 heavy (non-hydrogen) atoms. The summed E-state index contributed by atoms with van der Waals surface area (Å²) in [6.07, 6.45) is 2.74. The number of aromatic amines is 1. The first kappa shape index (κ1) is 18.4. The Hall–Kier alpha value is -2.98. The van der Waals surface area contributed by atoms with Crippen LogP contribution in [0.3, 0.4) is 0 Å². The van der Waals surface area contributed by atoms with Gasteiger partial charge in [0.15, 0.2) is 0 Å². The van der Waals surface area contributed by atoms with Crippen molar-refractivity contribution in [3.63, 3.8) is 0 Å². The summed E-state index contributed by atoms with van der Waals surface area (Å²) in [4.78, 5) is 29.9. The van der Waals surface area contributed by atoms with Crippen LogP contribution in [-0.4, -0.2) is 38.6 Å². The SMILES string of the molecule is CCn1cc(C(C=NCc2ccc(B(O)O)cc2)=NN)c(=O)[nH]c1=O. The van der Waals surface area contributed by atoms with Gasteiger partial charge in [-0.2, -0.15) is 5.10 Å². The third-order valence-corrected chi connectivity index (χ3v) is 3.53. The zero-order valence-corrected chi connectivity index (χ0v) is 13.6. The highest BCUT2D eigenvalue weighted by Crippen LogP contribution is 2.00. The maximum Gasteiger partial charge on any atom is 0.488 e. The minimum absolute atomic E-state index is 0.144. The number of nitrogens with two attached hydrogens (primary N) is 1. The van der Waals surface area contributed by atoms with Gasteiger partial charge in [-0.25, -0.2) is 4.79 Å². The molecule has 0 amide bonds. The second-order valence-corrected chi connectivity index (χ2v) is 5.19. The van der Waals surface area contributed by atoms with Gasteiger partial charge in [-0.3, -0.25) is 14.8 Å². The van der Waals surface area contributed by atoms with E-state index < -0.39 is 18.4 Å². The van der Waals surface area contributed by atoms with Crippen molar-refractivity contribution in [1.29, 1.82) is 0 Å². The Bertz CT molecular complexity index is 899. The van der Waals surface area contributed by atoms with Crippen molar-refractivity contribution >= 4 is 24.5 Å². The van der Waals surface area contributed by atoms with Gasteiger partial charge in [0, 0.05) is 12.7 Å². The Morgan fingerprint density at radius 3 is 2.56 bits per heavy atom. The summed E-state index contributed by atoms with van der Waals surface area (Å²) >= 11 is 0. The first-order valence-electron chi connectivity index (χ1n) is 7.53. The Morgan fingerprint density at radius 1 is 1.32 bits per heavy atom. The zero-order valence-electron chi connectivity index (χ0n) is 13.6. The number of nitrogens with one attached hydrogen (secondary N) is 1. The van der Waals surface area contributed by atoms with Crippen LogP contribution in [0.5, 0.6) is 0 Å². The van der Waals surface area contributed by atoms with Crippen molar-refractivity contribution in [3.8, 4) is 0 Å². The molecule has 0 fully saturated rings. The molecule has 0 aliphatic heterocycles. The lowest BCUT2D eigenvalue weighted by molar-refractivity contribution is 0.426. The number of aromatic nitrogens is 2. The number of benzene rings is 1. The molecular formula is C15H18BN5O4. The average molecular weight is 343 g/mol. The molecule has 1 heterocycles. The number of H-pyrrole nitrogens is 1. The molecule has 0 aliphatic rings. The van der Waals surface area contributed by atoms with E-state index in [2.05, 4.69) is 15.1 Å². The molecule has 0 atom stereocenters. The summed E-state index contributed by atoms with van der Waals surface area (Å²) in [6, 6.07) is 6.56. The van der Waals surface area contributed by atoms with Crippen molar-refractivity contribution in [2.24, 2.45) is 15.9 Å². The molecular weight excluding hydrogens is 325 g/mol. The van der Waals surface area contributed by atoms with Crippen LogP contribution in [0.2, 0.25) is 0 Å². The molecule has 0 saturated heterocycles. The molecule has 0 bridgehead atoms. The van der Waals surface area contributed by atoms with Crippen molar-refractivity contribution in [3.05, 3.63) is 62.4 Å². The van der Waals surface area contributed by atoms with Crippen molar-refractivity contribution < 1.29 is 10.0 Å². The highest BCUT2D eigenvalue weighted by Gasteiger charge is 2.10. The standard InChI is InChI=1S/C15H18BN5O4/c1-2-21-9-12(14(22)19-15(21)23)13(20-17)8-18-7-10-3-5-11(6-4-10)16(24)25/h3-6,8-9,24-25H,2,7,17H2,1H3,(H,19,22,23). The number of aliphatic imine (C=N–C) groups is 1. The normalized spacial score (nSPS) is 11.9. The van der Waals surface area contributed by atoms with Gasteiger partial charge in [-0.1, -0.05) is 24.3 Å². The summed E-state index contributed by atoms with van der Waals surface area (Å²) in [5.41, 5.74) is 0.398. The molecule has 1 aromatic carbocycles. The minimum atomic E-state index is -1.52. The van der Waals surface area contributed by atoms with Crippen LogP contribution in [0, 0.1) is 0 Å². The number of nitrogens with zero attached hydrogens (tertiary/aromatic N) is 3. The molecule has 10 heteroatoms. The molecule has 2 aromatic rings. The number of hydrazone groups is 1. The molecule has 5 N–H and O–H groups in total. The lowest BCUT2D eigenvalue weighted by atomic mass is 9.80. The van der Waals surface area contributed by atoms with E-state index in [1.807, 2.05) is 0 Å². The van der Waals surface area contributed by atoms with Gasteiger partial charge in [0.1, 0.15) is 5.71 Å². The maximum absolute atomic E-state index is 11.9. The third-order valence-electron chi connectivity index (χ3n) is 3.53. The van der Waals surface area contributed by atoms with Crippen LogP contribution >= 0.6 is 0 Å². The van der Waals surface area contributed by atoms with Gasteiger partial charge in [0.05, 0.1) is 18.3 Å². The summed E-state index contributed by atoms with van der Waals surface area (Å²) in [5.74, 6) is 5.34. The summed E-state index contributed by atoms with van der Waals surface area (Å²) < 4.78 is 1.33. The van der Waals surface area contributed by atoms with Crippen LogP contribution in [0.15, 0.2) is 50.1 Å². The molecule has 0 radical (unpaired) electrons. The van der Waals surface area contributed by atoms with Crippen LogP contribution in [-0.2, 0) is 13.1 Å². The Balaban J connectivity index is 2.19. The van der Waals surface area contributed by atoms with E-state index >= 15 is 0 Å². The zero-order chi connectivity index (χ0) is 18.4. The van der Waals surface area contributed by atoms with E-state index in [9.17, 15) is 9.59 Å². The van der Waals surface area contributed by atoms with Crippen LogP contribution < -0.4 is 22.6 Å². The predicted molar refractivity (Wildman–Crippen MR) is 96.2 cm³/mol. The van der Waals surface area contributed by atoms with E-state index in [1.54, 1.807) is 31.2 Å². The van der Waals surface area contributed by atoms with Crippen LogP contribution in [0.1, 0.15) is 18.1 Å². The molecule has 0 aliphatic carbocycles. The van der Waals surface area contributed by atoms with E-state index in [0.29, 0.717) is 12.0 Å². The third kappa shape index (κ3) is 4.52. The highest BCUT2D eigenvalue weighted by molar-refractivity contribution is 6.58. The van der Waals surface area contributed by atoms with E-state index in [0.717, 1.165) is 5.56 Å². The van der Waals surface area contributed by atoms with E-state index in [1.165, 1.54) is 17.0 Å². The summed E-state index contributed by atoms with van der Waals surface area (Å²) in [5, 5.41) is 21.7. The molecule has 9 nitrogen and oxygen atoms in total. The van der Waals surface area contributed by atoms with Crippen molar-refractivity contribution in [1.82, 2.24) is 9.55 Å². The van der Waals surface area contributed by atoms with Gasteiger partial charge in [-0.05, 0) is 17.9 Å². The number of hydrogen-bond acceptors (Lipinski definition) is 7. The van der Waals surface area contributed by atoms with Gasteiger partial charge < -0.3 is 20.5 Å². The van der Waals surface area contributed by atoms with Crippen LogP contribution in [0.25, 0.3) is 0 Å². The second-order valence-electron chi connectivity index (χ2n) is 5.19. The largest absolute Gasteiger partial charge is 0.488 e. The molecule has 0 spiro atoms. The molecule has 0 saturated carbocycles. The van der Waals surface area contributed by atoms with Gasteiger partial charge in [0.25, 0.3) is 5.56 Å². The molecule has 2 rings (SSSR count). The monoisotopic (exact) mass is 343 g/mol. The number of rotatable bonds is 6. The fraction of sp³-hybridized carbons (Fsp3) is 0.200. The van der Waals surface area contributed by atoms with Gasteiger partial charge in [0.2, 0.25) is 0 Å². The Labute approximate surface area is 143 Å². The lowest BCUT2D eigenvalue weighted by Crippen LogP contribution is -2.33. The molecule has 0 unspecified atom stereocenters. The minimum Gasteiger partial charge on any atom is -0.423 e. The summed E-state index contributed by atoms with van der Waals surface area (Å²) in [6.45, 7) is 2.44. The Morgan fingerprint density at radius 2 is 2.00 bits per heavy atom. The van der Waals surface area contributed by atoms with Crippen LogP contribution in [0.4, 0.5) is 0 Å². The molecule has 1 aromatic heterocycles. The average Bonchev–Trinajstić information content (AvgIpc) is 2.60. The highest BCUT2D eigenvalue weighted by atomic mass is 16.4. The van der Waals surface area contributed by atoms with Crippen molar-refractivity contribution in [2.75, 3.05) is 0 Å². The summed E-state index contributed by atoms with van der Waals surface area (Å²) in [7, 11) is -1.52. The first-order chi connectivity index (χ1) is 12.0. The Kier molecular flexibility index (Phi) is 6.04. The number of hydrogen-bond donors (Lipinski definition) is 4. The lowest BCUT2D eigenvalue weighted by Gasteiger charge is -2.04. The predicted octanol–water partition coefficient (Wildman–Crippen LogP) is -1.83.